The fourth-order valence-electron chi connectivity index (χ4n) is 2.14. The van der Waals surface area contributed by atoms with Crippen LogP contribution in [0.2, 0.25) is 0 Å². The summed E-state index contributed by atoms with van der Waals surface area (Å²) in [6.45, 7) is 10.1. The van der Waals surface area contributed by atoms with Crippen LogP contribution in [0.1, 0.15) is 44.7 Å². The number of hydrogen-bond acceptors (Lipinski definition) is 1. The molecule has 2 aromatic carbocycles. The zero-order chi connectivity index (χ0) is 17.4. The van der Waals surface area contributed by atoms with Crippen molar-refractivity contribution in [3.63, 3.8) is 0 Å². The predicted octanol–water partition coefficient (Wildman–Crippen LogP) is 7.32. The lowest BCUT2D eigenvalue weighted by Gasteiger charge is -2.01. The third-order valence-electron chi connectivity index (χ3n) is 3.14. The minimum atomic E-state index is -0.521. The van der Waals surface area contributed by atoms with Crippen LogP contribution in [0.15, 0.2) is 47.8 Å². The monoisotopic (exact) mass is 334 g/mol. The Hall–Kier alpha value is -1.74. The first-order valence-corrected chi connectivity index (χ1v) is 8.74. The van der Waals surface area contributed by atoms with Crippen molar-refractivity contribution in [2.75, 3.05) is 0 Å². The quantitative estimate of drug-likeness (QED) is 0.437. The second-order valence-electron chi connectivity index (χ2n) is 5.29. The van der Waals surface area contributed by atoms with Gasteiger partial charge in [0.15, 0.2) is 0 Å². The molecule has 0 radical (unpaired) electrons. The van der Waals surface area contributed by atoms with E-state index in [1.54, 1.807) is 6.92 Å². The van der Waals surface area contributed by atoms with Crippen LogP contribution in [0.25, 0.3) is 10.1 Å². The minimum Gasteiger partial charge on any atom is -0.207 e. The van der Waals surface area contributed by atoms with Gasteiger partial charge in [-0.1, -0.05) is 45.9 Å². The molecule has 3 heteroatoms. The normalized spacial score (nSPS) is 9.91. The van der Waals surface area contributed by atoms with Gasteiger partial charge in [-0.2, -0.15) is 0 Å². The van der Waals surface area contributed by atoms with E-state index in [1.165, 1.54) is 27.8 Å². The average molecular weight is 334 g/mol. The third-order valence-corrected chi connectivity index (χ3v) is 4.12. The topological polar surface area (TPSA) is 0 Å². The van der Waals surface area contributed by atoms with Crippen LogP contribution in [0.3, 0.4) is 0 Å². The van der Waals surface area contributed by atoms with Gasteiger partial charge in [0.2, 0.25) is 0 Å². The standard InChI is InChI=1S/C11H12S.C7H6F2.C2H6/c1-8(2)10-7-12-11-6-4-3-5-9(10)11;1-5-2-6(8)4-7(9)3-5;1-2/h3-8H,1-2H3;2-4H,1H3;1-2H3. The fraction of sp³-hybridized carbons (Fsp3) is 0.300. The first-order chi connectivity index (χ1) is 11.0. The summed E-state index contributed by atoms with van der Waals surface area (Å²) < 4.78 is 25.8. The zero-order valence-electron chi connectivity index (χ0n) is 14.4. The van der Waals surface area contributed by atoms with E-state index in [2.05, 4.69) is 43.5 Å². The Kier molecular flexibility index (Phi) is 7.90. The largest absolute Gasteiger partial charge is 0.207 e. The Morgan fingerprint density at radius 2 is 1.48 bits per heavy atom. The van der Waals surface area contributed by atoms with Crippen molar-refractivity contribution in [2.24, 2.45) is 0 Å². The van der Waals surface area contributed by atoms with E-state index >= 15 is 0 Å². The van der Waals surface area contributed by atoms with Crippen LogP contribution >= 0.6 is 11.3 Å². The van der Waals surface area contributed by atoms with Crippen molar-refractivity contribution in [1.82, 2.24) is 0 Å². The number of rotatable bonds is 1. The van der Waals surface area contributed by atoms with Gasteiger partial charge in [-0.25, -0.2) is 8.78 Å². The molecule has 0 aliphatic rings. The van der Waals surface area contributed by atoms with Crippen LogP contribution < -0.4 is 0 Å². The summed E-state index contributed by atoms with van der Waals surface area (Å²) in [6, 6.07) is 12.0. The summed E-state index contributed by atoms with van der Waals surface area (Å²) in [7, 11) is 0. The van der Waals surface area contributed by atoms with Crippen LogP contribution in [0, 0.1) is 18.6 Å². The fourth-order valence-corrected chi connectivity index (χ4v) is 3.26. The van der Waals surface area contributed by atoms with Gasteiger partial charge in [-0.05, 0) is 52.9 Å². The highest BCUT2D eigenvalue weighted by Gasteiger charge is 2.05. The molecule has 0 bridgehead atoms. The van der Waals surface area contributed by atoms with E-state index in [0.717, 1.165) is 6.07 Å². The molecule has 0 aliphatic heterocycles. The second kappa shape index (κ2) is 9.41. The molecule has 0 saturated heterocycles. The molecule has 0 saturated carbocycles. The molecule has 3 aromatic rings. The van der Waals surface area contributed by atoms with Crippen LogP contribution in [-0.4, -0.2) is 0 Å². The van der Waals surface area contributed by atoms with E-state index in [1.807, 2.05) is 25.2 Å². The first-order valence-electron chi connectivity index (χ1n) is 7.86. The Balaban J connectivity index is 0.000000215. The van der Waals surface area contributed by atoms with E-state index in [0.29, 0.717) is 11.5 Å². The maximum Gasteiger partial charge on any atom is 0.126 e. The van der Waals surface area contributed by atoms with Crippen molar-refractivity contribution in [3.05, 3.63) is 70.6 Å². The Morgan fingerprint density at radius 1 is 0.913 bits per heavy atom. The van der Waals surface area contributed by atoms with Crippen LogP contribution in [0.4, 0.5) is 8.78 Å². The van der Waals surface area contributed by atoms with E-state index in [-0.39, 0.29) is 0 Å². The van der Waals surface area contributed by atoms with Gasteiger partial charge >= 0.3 is 0 Å². The molecule has 124 valence electrons. The van der Waals surface area contributed by atoms with Gasteiger partial charge in [-0.15, -0.1) is 11.3 Å². The number of benzene rings is 2. The minimum absolute atomic E-state index is 0.521. The van der Waals surface area contributed by atoms with E-state index < -0.39 is 11.6 Å². The summed E-state index contributed by atoms with van der Waals surface area (Å²) in [6.07, 6.45) is 0. The third kappa shape index (κ3) is 5.76. The first kappa shape index (κ1) is 19.3. The van der Waals surface area contributed by atoms with Gasteiger partial charge in [0.25, 0.3) is 0 Å². The maximum atomic E-state index is 12.2. The lowest BCUT2D eigenvalue weighted by atomic mass is 10.0. The highest BCUT2D eigenvalue weighted by atomic mass is 32.1. The zero-order valence-corrected chi connectivity index (χ0v) is 15.2. The molecule has 23 heavy (non-hydrogen) atoms. The Morgan fingerprint density at radius 3 is 2.00 bits per heavy atom. The number of halogens is 2. The molecule has 0 spiro atoms. The second-order valence-corrected chi connectivity index (χ2v) is 6.20. The van der Waals surface area contributed by atoms with Gasteiger partial charge < -0.3 is 0 Å². The van der Waals surface area contributed by atoms with Gasteiger partial charge in [-0.3, -0.25) is 0 Å². The van der Waals surface area contributed by atoms with Crippen LogP contribution in [-0.2, 0) is 0 Å². The Bertz CT molecular complexity index is 679. The molecular formula is C20H24F2S. The van der Waals surface area contributed by atoms with Crippen molar-refractivity contribution in [1.29, 1.82) is 0 Å². The molecule has 1 heterocycles. The molecule has 3 rings (SSSR count). The smallest absolute Gasteiger partial charge is 0.126 e. The number of fused-ring (bicyclic) bond motifs is 1. The summed E-state index contributed by atoms with van der Waals surface area (Å²) in [4.78, 5) is 0. The summed E-state index contributed by atoms with van der Waals surface area (Å²) in [5, 5.41) is 3.70. The van der Waals surface area contributed by atoms with Crippen molar-refractivity contribution in [2.45, 2.75) is 40.5 Å². The van der Waals surface area contributed by atoms with Gasteiger partial charge in [0, 0.05) is 10.8 Å². The number of thiophene rings is 1. The van der Waals surface area contributed by atoms with E-state index in [9.17, 15) is 8.78 Å². The predicted molar refractivity (Wildman–Crippen MR) is 98.4 cm³/mol. The molecule has 0 N–H and O–H groups in total. The Labute approximate surface area is 141 Å². The lowest BCUT2D eigenvalue weighted by molar-refractivity contribution is 0.581. The number of aryl methyl sites for hydroxylation is 1. The highest BCUT2D eigenvalue weighted by molar-refractivity contribution is 7.17. The summed E-state index contributed by atoms with van der Waals surface area (Å²) >= 11 is 1.84. The van der Waals surface area contributed by atoms with Crippen molar-refractivity contribution < 1.29 is 8.78 Å². The molecule has 0 aliphatic carbocycles. The van der Waals surface area contributed by atoms with Crippen LogP contribution in [0.5, 0.6) is 0 Å². The lowest BCUT2D eigenvalue weighted by Crippen LogP contribution is -1.82. The highest BCUT2D eigenvalue weighted by Crippen LogP contribution is 2.30. The molecular weight excluding hydrogens is 310 g/mol. The number of hydrogen-bond donors (Lipinski definition) is 0. The maximum absolute atomic E-state index is 12.2. The van der Waals surface area contributed by atoms with Crippen molar-refractivity contribution >= 4 is 21.4 Å². The van der Waals surface area contributed by atoms with Crippen molar-refractivity contribution in [3.8, 4) is 0 Å². The van der Waals surface area contributed by atoms with Gasteiger partial charge in [0.05, 0.1) is 0 Å². The molecule has 0 atom stereocenters. The summed E-state index contributed by atoms with van der Waals surface area (Å²) in [5.74, 6) is -0.402. The van der Waals surface area contributed by atoms with E-state index in [4.69, 9.17) is 0 Å². The SMILES string of the molecule is CC.CC(C)c1csc2ccccc12.Cc1cc(F)cc(F)c1. The molecule has 1 aromatic heterocycles. The molecule has 0 nitrogen and oxygen atoms in total. The average Bonchev–Trinajstić information content (AvgIpc) is 2.92. The van der Waals surface area contributed by atoms with Gasteiger partial charge in [0.1, 0.15) is 11.6 Å². The molecule has 0 fully saturated rings. The summed E-state index contributed by atoms with van der Waals surface area (Å²) in [5.41, 5.74) is 2.09. The molecule has 0 unspecified atom stereocenters. The molecule has 0 amide bonds.